The van der Waals surface area contributed by atoms with Gasteiger partial charge in [0, 0.05) is 5.69 Å². The van der Waals surface area contributed by atoms with Crippen molar-refractivity contribution in [3.63, 3.8) is 0 Å². The summed E-state index contributed by atoms with van der Waals surface area (Å²) in [6.45, 7) is 8.40. The highest BCUT2D eigenvalue weighted by molar-refractivity contribution is 5.84. The number of esters is 1. The van der Waals surface area contributed by atoms with Gasteiger partial charge in [0.2, 0.25) is 0 Å². The second kappa shape index (κ2) is 7.93. The van der Waals surface area contributed by atoms with Gasteiger partial charge in [-0.2, -0.15) is 0 Å². The molecule has 3 nitrogen and oxygen atoms in total. The van der Waals surface area contributed by atoms with Gasteiger partial charge in [0.1, 0.15) is 5.54 Å². The molecule has 0 spiro atoms. The molecule has 1 rings (SSSR count). The SMILES string of the molecule is CCCCCC(C)(Nc1cccc(C)c1)C(=O)OCC. The summed E-state index contributed by atoms with van der Waals surface area (Å²) < 4.78 is 5.24. The summed E-state index contributed by atoms with van der Waals surface area (Å²) in [6.07, 6.45) is 4.08. The Morgan fingerprint density at radius 2 is 2.05 bits per heavy atom. The van der Waals surface area contributed by atoms with Crippen molar-refractivity contribution >= 4 is 11.7 Å². The maximum atomic E-state index is 12.3. The minimum Gasteiger partial charge on any atom is -0.464 e. The molecule has 0 saturated heterocycles. The third-order valence-electron chi connectivity index (χ3n) is 3.44. The summed E-state index contributed by atoms with van der Waals surface area (Å²) in [5, 5.41) is 3.37. The molecule has 1 aromatic rings. The zero-order valence-electron chi connectivity index (χ0n) is 13.2. The van der Waals surface area contributed by atoms with Crippen LogP contribution in [0, 0.1) is 6.92 Å². The normalized spacial score (nSPS) is 13.6. The van der Waals surface area contributed by atoms with Gasteiger partial charge < -0.3 is 10.1 Å². The van der Waals surface area contributed by atoms with Crippen molar-refractivity contribution in [3.05, 3.63) is 29.8 Å². The van der Waals surface area contributed by atoms with Gasteiger partial charge in [-0.3, -0.25) is 0 Å². The summed E-state index contributed by atoms with van der Waals surface area (Å²) in [5.74, 6) is -0.169. The lowest BCUT2D eigenvalue weighted by Crippen LogP contribution is -2.44. The van der Waals surface area contributed by atoms with E-state index in [1.807, 2.05) is 39.0 Å². The molecule has 0 aliphatic rings. The van der Waals surface area contributed by atoms with E-state index < -0.39 is 5.54 Å². The van der Waals surface area contributed by atoms with Crippen LogP contribution in [0.25, 0.3) is 0 Å². The molecule has 0 bridgehead atoms. The van der Waals surface area contributed by atoms with E-state index in [4.69, 9.17) is 4.74 Å². The van der Waals surface area contributed by atoms with Gasteiger partial charge in [0.15, 0.2) is 0 Å². The average molecular weight is 277 g/mol. The fraction of sp³-hybridized carbons (Fsp3) is 0.588. The molecule has 0 aliphatic carbocycles. The molecule has 0 aromatic heterocycles. The second-order valence-corrected chi connectivity index (χ2v) is 5.50. The van der Waals surface area contributed by atoms with Crippen LogP contribution < -0.4 is 5.32 Å². The number of ether oxygens (including phenoxy) is 1. The zero-order valence-corrected chi connectivity index (χ0v) is 13.2. The van der Waals surface area contributed by atoms with Crippen LogP contribution in [0.1, 0.15) is 52.0 Å². The van der Waals surface area contributed by atoms with Gasteiger partial charge in [0.05, 0.1) is 6.61 Å². The van der Waals surface area contributed by atoms with Crippen molar-refractivity contribution in [2.24, 2.45) is 0 Å². The molecule has 1 atom stereocenters. The van der Waals surface area contributed by atoms with Crippen molar-refractivity contribution in [2.75, 3.05) is 11.9 Å². The van der Waals surface area contributed by atoms with Gasteiger partial charge >= 0.3 is 5.97 Å². The van der Waals surface area contributed by atoms with Crippen LogP contribution in [0.3, 0.4) is 0 Å². The molecule has 20 heavy (non-hydrogen) atoms. The van der Waals surface area contributed by atoms with Crippen LogP contribution in [0.5, 0.6) is 0 Å². The zero-order chi connectivity index (χ0) is 15.0. The van der Waals surface area contributed by atoms with Crippen LogP contribution in [0.2, 0.25) is 0 Å². The number of nitrogens with one attached hydrogen (secondary N) is 1. The summed E-state index contributed by atoms with van der Waals surface area (Å²) in [6, 6.07) is 8.08. The Labute approximate surface area is 122 Å². The first-order valence-electron chi connectivity index (χ1n) is 7.54. The molecule has 1 N–H and O–H groups in total. The Bertz CT molecular complexity index is 431. The summed E-state index contributed by atoms with van der Waals surface area (Å²) >= 11 is 0. The first kappa shape index (κ1) is 16.5. The first-order valence-corrected chi connectivity index (χ1v) is 7.54. The lowest BCUT2D eigenvalue weighted by atomic mass is 9.93. The van der Waals surface area contributed by atoms with Crippen LogP contribution >= 0.6 is 0 Å². The van der Waals surface area contributed by atoms with E-state index in [2.05, 4.69) is 18.3 Å². The summed E-state index contributed by atoms with van der Waals surface area (Å²) in [7, 11) is 0. The maximum absolute atomic E-state index is 12.3. The fourth-order valence-electron chi connectivity index (χ4n) is 2.28. The minimum atomic E-state index is -0.654. The molecule has 3 heteroatoms. The number of aryl methyl sites for hydroxylation is 1. The predicted molar refractivity (Wildman–Crippen MR) is 84.0 cm³/mol. The number of hydrogen-bond donors (Lipinski definition) is 1. The van der Waals surface area contributed by atoms with Gasteiger partial charge in [-0.05, 0) is 44.9 Å². The number of anilines is 1. The molecule has 0 saturated carbocycles. The van der Waals surface area contributed by atoms with Crippen LogP contribution in [0.15, 0.2) is 24.3 Å². The Hall–Kier alpha value is -1.51. The molecule has 0 radical (unpaired) electrons. The Morgan fingerprint density at radius 3 is 2.65 bits per heavy atom. The molecular formula is C17H27NO2. The second-order valence-electron chi connectivity index (χ2n) is 5.50. The summed E-state index contributed by atoms with van der Waals surface area (Å²) in [5.41, 5.74) is 1.49. The molecule has 0 aliphatic heterocycles. The van der Waals surface area contributed by atoms with E-state index in [-0.39, 0.29) is 5.97 Å². The fourth-order valence-corrected chi connectivity index (χ4v) is 2.28. The van der Waals surface area contributed by atoms with Gasteiger partial charge in [-0.1, -0.05) is 38.3 Å². The molecular weight excluding hydrogens is 250 g/mol. The number of hydrogen-bond acceptors (Lipinski definition) is 3. The van der Waals surface area contributed by atoms with E-state index in [0.29, 0.717) is 6.61 Å². The number of unbranched alkanes of at least 4 members (excludes halogenated alkanes) is 2. The lowest BCUT2D eigenvalue weighted by Gasteiger charge is -2.29. The highest BCUT2D eigenvalue weighted by atomic mass is 16.5. The van der Waals surface area contributed by atoms with Crippen LogP contribution in [-0.4, -0.2) is 18.1 Å². The molecule has 0 fully saturated rings. The molecule has 1 aromatic carbocycles. The number of rotatable bonds is 8. The third-order valence-corrected chi connectivity index (χ3v) is 3.44. The van der Waals surface area contributed by atoms with Crippen LogP contribution in [-0.2, 0) is 9.53 Å². The Kier molecular flexibility index (Phi) is 6.56. The monoisotopic (exact) mass is 277 g/mol. The highest BCUT2D eigenvalue weighted by Crippen LogP contribution is 2.23. The lowest BCUT2D eigenvalue weighted by molar-refractivity contribution is -0.148. The Balaban J connectivity index is 2.83. The quantitative estimate of drug-likeness (QED) is 0.568. The molecule has 0 amide bonds. The van der Waals surface area contributed by atoms with Gasteiger partial charge in [-0.25, -0.2) is 4.79 Å². The maximum Gasteiger partial charge on any atom is 0.331 e. The number of carbonyl (C=O) groups excluding carboxylic acids is 1. The number of carbonyl (C=O) groups is 1. The smallest absolute Gasteiger partial charge is 0.331 e. The third kappa shape index (κ3) is 4.87. The van der Waals surface area contributed by atoms with Gasteiger partial charge in [0.25, 0.3) is 0 Å². The number of benzene rings is 1. The van der Waals surface area contributed by atoms with Crippen molar-refractivity contribution in [2.45, 2.75) is 58.9 Å². The predicted octanol–water partition coefficient (Wildman–Crippen LogP) is 4.31. The molecule has 0 heterocycles. The Morgan fingerprint density at radius 1 is 1.30 bits per heavy atom. The topological polar surface area (TPSA) is 38.3 Å². The highest BCUT2D eigenvalue weighted by Gasteiger charge is 2.34. The average Bonchev–Trinajstić information content (AvgIpc) is 2.39. The van der Waals surface area contributed by atoms with E-state index in [0.717, 1.165) is 31.4 Å². The van der Waals surface area contributed by atoms with E-state index in [1.54, 1.807) is 0 Å². The van der Waals surface area contributed by atoms with E-state index in [1.165, 1.54) is 5.56 Å². The van der Waals surface area contributed by atoms with E-state index in [9.17, 15) is 4.79 Å². The first-order chi connectivity index (χ1) is 9.51. The van der Waals surface area contributed by atoms with Crippen molar-refractivity contribution in [3.8, 4) is 0 Å². The molecule has 112 valence electrons. The van der Waals surface area contributed by atoms with Crippen molar-refractivity contribution < 1.29 is 9.53 Å². The van der Waals surface area contributed by atoms with Crippen LogP contribution in [0.4, 0.5) is 5.69 Å². The molecule has 1 unspecified atom stereocenters. The van der Waals surface area contributed by atoms with Crippen molar-refractivity contribution in [1.82, 2.24) is 0 Å². The standard InChI is InChI=1S/C17H27NO2/c1-5-7-8-12-17(4,16(19)20-6-2)18-15-11-9-10-14(3)13-15/h9-11,13,18H,5-8,12H2,1-4H3. The summed E-state index contributed by atoms with van der Waals surface area (Å²) in [4.78, 5) is 12.3. The minimum absolute atomic E-state index is 0.169. The van der Waals surface area contributed by atoms with Crippen molar-refractivity contribution in [1.29, 1.82) is 0 Å². The largest absolute Gasteiger partial charge is 0.464 e. The van der Waals surface area contributed by atoms with E-state index >= 15 is 0 Å². The van der Waals surface area contributed by atoms with Gasteiger partial charge in [-0.15, -0.1) is 0 Å².